The van der Waals surface area contributed by atoms with E-state index in [0.29, 0.717) is 13.0 Å². The van der Waals surface area contributed by atoms with Crippen molar-refractivity contribution >= 4 is 10.0 Å². The van der Waals surface area contributed by atoms with E-state index in [1.54, 1.807) is 0 Å². The SMILES string of the molecule is CCCS(=O)(=O)NCCCC(C)CO. The Bertz CT molecular complexity index is 226. The summed E-state index contributed by atoms with van der Waals surface area (Å²) in [7, 11) is -3.05. The monoisotopic (exact) mass is 223 g/mol. The normalized spacial score (nSPS) is 14.2. The second-order valence-electron chi connectivity index (χ2n) is 3.64. The minimum atomic E-state index is -3.05. The summed E-state index contributed by atoms with van der Waals surface area (Å²) in [6.45, 7) is 4.43. The predicted octanol–water partition coefficient (Wildman–Crippen LogP) is 0.724. The quantitative estimate of drug-likeness (QED) is 0.596. The summed E-state index contributed by atoms with van der Waals surface area (Å²) in [5, 5.41) is 8.74. The van der Waals surface area contributed by atoms with Crippen LogP contribution in [0.3, 0.4) is 0 Å². The van der Waals surface area contributed by atoms with Crippen LogP contribution in [0.1, 0.15) is 33.1 Å². The Morgan fingerprint density at radius 1 is 1.43 bits per heavy atom. The first-order valence-corrected chi connectivity index (χ1v) is 6.75. The highest BCUT2D eigenvalue weighted by Gasteiger charge is 2.07. The van der Waals surface area contributed by atoms with Crippen molar-refractivity contribution in [2.45, 2.75) is 33.1 Å². The third kappa shape index (κ3) is 7.29. The van der Waals surface area contributed by atoms with E-state index in [4.69, 9.17) is 5.11 Å². The molecule has 0 rings (SSSR count). The molecule has 0 aliphatic rings. The lowest BCUT2D eigenvalue weighted by molar-refractivity contribution is 0.228. The molecule has 0 spiro atoms. The van der Waals surface area contributed by atoms with Crippen LogP contribution < -0.4 is 4.72 Å². The molecule has 0 fully saturated rings. The van der Waals surface area contributed by atoms with Gasteiger partial charge in [0.2, 0.25) is 10.0 Å². The van der Waals surface area contributed by atoms with Crippen molar-refractivity contribution in [3.05, 3.63) is 0 Å². The van der Waals surface area contributed by atoms with Gasteiger partial charge in [-0.1, -0.05) is 13.8 Å². The maximum atomic E-state index is 11.2. The predicted molar refractivity (Wildman–Crippen MR) is 57.6 cm³/mol. The molecule has 0 aliphatic heterocycles. The van der Waals surface area contributed by atoms with Crippen molar-refractivity contribution < 1.29 is 13.5 Å². The van der Waals surface area contributed by atoms with Crippen LogP contribution in [0.2, 0.25) is 0 Å². The molecule has 2 N–H and O–H groups in total. The molecule has 1 atom stereocenters. The van der Waals surface area contributed by atoms with E-state index in [1.165, 1.54) is 0 Å². The average molecular weight is 223 g/mol. The number of hydrogen-bond acceptors (Lipinski definition) is 3. The van der Waals surface area contributed by atoms with Gasteiger partial charge in [-0.05, 0) is 25.2 Å². The van der Waals surface area contributed by atoms with Crippen LogP contribution in [0.25, 0.3) is 0 Å². The molecular weight excluding hydrogens is 202 g/mol. The van der Waals surface area contributed by atoms with E-state index in [0.717, 1.165) is 12.8 Å². The van der Waals surface area contributed by atoms with Crippen LogP contribution >= 0.6 is 0 Å². The lowest BCUT2D eigenvalue weighted by atomic mass is 10.1. The average Bonchev–Trinajstić information content (AvgIpc) is 2.12. The van der Waals surface area contributed by atoms with Crippen molar-refractivity contribution in [1.82, 2.24) is 4.72 Å². The molecule has 0 bridgehead atoms. The molecule has 5 heteroatoms. The van der Waals surface area contributed by atoms with Crippen molar-refractivity contribution in [1.29, 1.82) is 0 Å². The van der Waals surface area contributed by atoms with Crippen molar-refractivity contribution in [3.63, 3.8) is 0 Å². The molecule has 0 aromatic heterocycles. The van der Waals surface area contributed by atoms with Gasteiger partial charge in [0, 0.05) is 13.2 Å². The van der Waals surface area contributed by atoms with Crippen molar-refractivity contribution in [3.8, 4) is 0 Å². The second kappa shape index (κ2) is 7.20. The Kier molecular flexibility index (Phi) is 7.13. The summed E-state index contributed by atoms with van der Waals surface area (Å²) in [6, 6.07) is 0. The fourth-order valence-corrected chi connectivity index (χ4v) is 2.25. The molecule has 1 unspecified atom stereocenters. The lowest BCUT2D eigenvalue weighted by Crippen LogP contribution is -2.27. The van der Waals surface area contributed by atoms with Gasteiger partial charge in [-0.3, -0.25) is 0 Å². The van der Waals surface area contributed by atoms with E-state index in [-0.39, 0.29) is 18.3 Å². The standard InChI is InChI=1S/C9H21NO3S/c1-3-7-14(12,13)10-6-4-5-9(2)8-11/h9-11H,3-8H2,1-2H3. The topological polar surface area (TPSA) is 66.4 Å². The van der Waals surface area contributed by atoms with Crippen LogP contribution in [0, 0.1) is 5.92 Å². The highest BCUT2D eigenvalue weighted by atomic mass is 32.2. The first kappa shape index (κ1) is 13.9. The minimum Gasteiger partial charge on any atom is -0.396 e. The summed E-state index contributed by atoms with van der Waals surface area (Å²) in [4.78, 5) is 0. The largest absolute Gasteiger partial charge is 0.396 e. The first-order valence-electron chi connectivity index (χ1n) is 5.10. The molecule has 0 saturated heterocycles. The summed E-state index contributed by atoms with van der Waals surface area (Å²) in [5.41, 5.74) is 0. The van der Waals surface area contributed by atoms with Gasteiger partial charge in [-0.15, -0.1) is 0 Å². The number of nitrogens with one attached hydrogen (secondary N) is 1. The molecule has 0 amide bonds. The van der Waals surface area contributed by atoms with Gasteiger partial charge in [-0.2, -0.15) is 0 Å². The smallest absolute Gasteiger partial charge is 0.211 e. The second-order valence-corrected chi connectivity index (χ2v) is 5.57. The summed E-state index contributed by atoms with van der Waals surface area (Å²) >= 11 is 0. The first-order chi connectivity index (χ1) is 6.52. The number of hydrogen-bond donors (Lipinski definition) is 2. The zero-order valence-corrected chi connectivity index (χ0v) is 9.81. The third-order valence-electron chi connectivity index (χ3n) is 1.98. The zero-order chi connectivity index (χ0) is 11.0. The van der Waals surface area contributed by atoms with E-state index in [9.17, 15) is 8.42 Å². The number of sulfonamides is 1. The van der Waals surface area contributed by atoms with Crippen molar-refractivity contribution in [2.75, 3.05) is 18.9 Å². The Morgan fingerprint density at radius 2 is 2.07 bits per heavy atom. The van der Waals surface area contributed by atoms with E-state index < -0.39 is 10.0 Å². The van der Waals surface area contributed by atoms with E-state index in [1.807, 2.05) is 13.8 Å². The molecule has 14 heavy (non-hydrogen) atoms. The van der Waals surface area contributed by atoms with Gasteiger partial charge in [0.05, 0.1) is 5.75 Å². The maximum Gasteiger partial charge on any atom is 0.211 e. The minimum absolute atomic E-state index is 0.168. The molecule has 0 radical (unpaired) electrons. The zero-order valence-electron chi connectivity index (χ0n) is 8.99. The molecule has 0 saturated carbocycles. The van der Waals surface area contributed by atoms with E-state index in [2.05, 4.69) is 4.72 Å². The van der Waals surface area contributed by atoms with Crippen LogP contribution in [0.4, 0.5) is 0 Å². The number of rotatable bonds is 8. The van der Waals surface area contributed by atoms with Crippen LogP contribution in [-0.2, 0) is 10.0 Å². The van der Waals surface area contributed by atoms with Crippen molar-refractivity contribution in [2.24, 2.45) is 5.92 Å². The van der Waals surface area contributed by atoms with Gasteiger partial charge in [-0.25, -0.2) is 13.1 Å². The molecule has 0 aromatic rings. The highest BCUT2D eigenvalue weighted by Crippen LogP contribution is 2.03. The Morgan fingerprint density at radius 3 is 2.57 bits per heavy atom. The number of aliphatic hydroxyl groups is 1. The summed E-state index contributed by atoms with van der Waals surface area (Å²) in [6.07, 6.45) is 2.28. The molecular formula is C9H21NO3S. The molecule has 0 heterocycles. The lowest BCUT2D eigenvalue weighted by Gasteiger charge is -2.08. The molecule has 4 nitrogen and oxygen atoms in total. The Labute approximate surface area is 86.8 Å². The van der Waals surface area contributed by atoms with Gasteiger partial charge < -0.3 is 5.11 Å². The van der Waals surface area contributed by atoms with Gasteiger partial charge >= 0.3 is 0 Å². The Balaban J connectivity index is 3.54. The maximum absolute atomic E-state index is 11.2. The van der Waals surface area contributed by atoms with Gasteiger partial charge in [0.25, 0.3) is 0 Å². The number of aliphatic hydroxyl groups excluding tert-OH is 1. The molecule has 86 valence electrons. The highest BCUT2D eigenvalue weighted by molar-refractivity contribution is 7.89. The fourth-order valence-electron chi connectivity index (χ4n) is 1.11. The fraction of sp³-hybridized carbons (Fsp3) is 1.00. The van der Waals surface area contributed by atoms with Gasteiger partial charge in [0.15, 0.2) is 0 Å². The van der Waals surface area contributed by atoms with E-state index >= 15 is 0 Å². The van der Waals surface area contributed by atoms with Crippen LogP contribution in [0.15, 0.2) is 0 Å². The van der Waals surface area contributed by atoms with Gasteiger partial charge in [0.1, 0.15) is 0 Å². The molecule has 0 aliphatic carbocycles. The van der Waals surface area contributed by atoms with Crippen LogP contribution in [-0.4, -0.2) is 32.4 Å². The van der Waals surface area contributed by atoms with Crippen LogP contribution in [0.5, 0.6) is 0 Å². The Hall–Kier alpha value is -0.130. The summed E-state index contributed by atoms with van der Waals surface area (Å²) < 4.78 is 24.9. The molecule has 0 aromatic carbocycles. The summed E-state index contributed by atoms with van der Waals surface area (Å²) in [5.74, 6) is 0.452. The third-order valence-corrected chi connectivity index (χ3v) is 3.57.